The summed E-state index contributed by atoms with van der Waals surface area (Å²) in [6.45, 7) is 42.1. The smallest absolute Gasteiger partial charge is 0.252 e. The topological polar surface area (TPSA) is 32.3 Å². The number of aromatic nitrogens is 2. The van der Waals surface area contributed by atoms with Gasteiger partial charge in [0.1, 0.15) is 0 Å². The second kappa shape index (κ2) is 18.0. The van der Waals surface area contributed by atoms with E-state index < -0.39 is 0 Å². The normalized spacial score (nSPS) is 13.9. The molecule has 0 N–H and O–H groups in total. The molecule has 1 aromatic heterocycles. The van der Waals surface area contributed by atoms with Gasteiger partial charge in [0.2, 0.25) is 0 Å². The fourth-order valence-electron chi connectivity index (χ4n) is 10.9. The standard InChI is InChI=1S/C70H79BN4/c1-65(2,3)47-29-31-59-55(41-47)71-56-42-48(66(4,5)6)30-32-60(56)75(54-39-51(69(13,14)15)36-52(40-54)70(16,17)18)62-34-46(64-72-57(44-25-21-19-22-26-44)43-58(73-64)45-27-23-20-24-28-45)33-61(63(62)71)74(59)53-37-49(67(7,8)9)35-50(38-53)68(10,11)12/h19-43H,1-18H3. The number of hydrogen-bond acceptors (Lipinski definition) is 4. The van der Waals surface area contributed by atoms with Crippen molar-refractivity contribution in [1.29, 1.82) is 0 Å². The Balaban J connectivity index is 1.41. The highest BCUT2D eigenvalue weighted by Crippen LogP contribution is 2.49. The summed E-state index contributed by atoms with van der Waals surface area (Å²) in [4.78, 5) is 16.3. The highest BCUT2D eigenvalue weighted by molar-refractivity contribution is 7.00. The second-order valence-electron chi connectivity index (χ2n) is 27.8. The molecular formula is C70H79BN4. The molecule has 0 unspecified atom stereocenters. The molecule has 75 heavy (non-hydrogen) atoms. The van der Waals surface area contributed by atoms with Crippen LogP contribution in [0.3, 0.4) is 0 Å². The van der Waals surface area contributed by atoms with Crippen molar-refractivity contribution in [2.45, 2.75) is 157 Å². The van der Waals surface area contributed by atoms with Gasteiger partial charge < -0.3 is 9.80 Å². The lowest BCUT2D eigenvalue weighted by Crippen LogP contribution is -2.61. The van der Waals surface area contributed by atoms with Crippen molar-refractivity contribution in [3.8, 4) is 33.9 Å². The highest BCUT2D eigenvalue weighted by atomic mass is 15.2. The monoisotopic (exact) mass is 987 g/mol. The number of benzene rings is 7. The van der Waals surface area contributed by atoms with Gasteiger partial charge in [0, 0.05) is 50.8 Å². The predicted molar refractivity (Wildman–Crippen MR) is 325 cm³/mol. The fraction of sp³-hybridized carbons (Fsp3) is 0.343. The molecule has 0 fully saturated rings. The molecule has 2 aliphatic rings. The summed E-state index contributed by atoms with van der Waals surface area (Å²) in [6, 6.07) is 57.6. The van der Waals surface area contributed by atoms with Gasteiger partial charge >= 0.3 is 0 Å². The van der Waals surface area contributed by atoms with Gasteiger partial charge in [-0.15, -0.1) is 0 Å². The average molecular weight is 987 g/mol. The summed E-state index contributed by atoms with van der Waals surface area (Å²) in [7, 11) is 0. The molecule has 382 valence electrons. The van der Waals surface area contributed by atoms with Crippen LogP contribution in [0.2, 0.25) is 0 Å². The third kappa shape index (κ3) is 9.77. The zero-order valence-electron chi connectivity index (χ0n) is 48.3. The van der Waals surface area contributed by atoms with Crippen LogP contribution in [0.1, 0.15) is 158 Å². The molecule has 4 nitrogen and oxygen atoms in total. The lowest BCUT2D eigenvalue weighted by atomic mass is 9.33. The lowest BCUT2D eigenvalue weighted by Gasteiger charge is -2.45. The molecule has 0 amide bonds. The third-order valence-electron chi connectivity index (χ3n) is 15.7. The van der Waals surface area contributed by atoms with Crippen molar-refractivity contribution in [3.63, 3.8) is 0 Å². The fourth-order valence-corrected chi connectivity index (χ4v) is 10.9. The number of nitrogens with zero attached hydrogens (tertiary/aromatic N) is 4. The molecule has 0 saturated carbocycles. The molecular weight excluding hydrogens is 908 g/mol. The predicted octanol–water partition coefficient (Wildman–Crippen LogP) is 17.3. The van der Waals surface area contributed by atoms with Gasteiger partial charge in [-0.1, -0.05) is 222 Å². The molecule has 0 saturated heterocycles. The Morgan fingerprint density at radius 1 is 0.307 bits per heavy atom. The first-order valence-electron chi connectivity index (χ1n) is 27.3. The van der Waals surface area contributed by atoms with Gasteiger partial charge in [-0.25, -0.2) is 9.97 Å². The van der Waals surface area contributed by atoms with Gasteiger partial charge in [-0.3, -0.25) is 0 Å². The largest absolute Gasteiger partial charge is 0.311 e. The molecule has 7 aromatic carbocycles. The van der Waals surface area contributed by atoms with E-state index in [-0.39, 0.29) is 39.2 Å². The van der Waals surface area contributed by atoms with E-state index in [0.29, 0.717) is 5.82 Å². The van der Waals surface area contributed by atoms with Gasteiger partial charge in [-0.2, -0.15) is 0 Å². The van der Waals surface area contributed by atoms with Crippen molar-refractivity contribution in [3.05, 3.63) is 185 Å². The maximum atomic E-state index is 5.56. The molecule has 5 heteroatoms. The Morgan fingerprint density at radius 2 is 0.640 bits per heavy atom. The van der Waals surface area contributed by atoms with Crippen LogP contribution >= 0.6 is 0 Å². The summed E-state index contributed by atoms with van der Waals surface area (Å²) in [5, 5.41) is 0. The first-order valence-corrected chi connectivity index (χ1v) is 27.3. The number of hydrogen-bond donors (Lipinski definition) is 0. The van der Waals surface area contributed by atoms with Crippen LogP contribution in [-0.2, 0) is 32.5 Å². The van der Waals surface area contributed by atoms with Gasteiger partial charge in [0.25, 0.3) is 6.71 Å². The molecule has 2 aliphatic heterocycles. The highest BCUT2D eigenvalue weighted by Gasteiger charge is 2.45. The Morgan fingerprint density at radius 3 is 0.960 bits per heavy atom. The minimum atomic E-state index is -0.101. The number of anilines is 6. The molecule has 3 heterocycles. The number of rotatable bonds is 5. The zero-order chi connectivity index (χ0) is 53.9. The van der Waals surface area contributed by atoms with Crippen LogP contribution in [0, 0.1) is 0 Å². The van der Waals surface area contributed by atoms with Crippen molar-refractivity contribution in [2.24, 2.45) is 0 Å². The van der Waals surface area contributed by atoms with Gasteiger partial charge in [0.05, 0.1) is 11.4 Å². The minimum absolute atomic E-state index is 0.0799. The summed E-state index contributed by atoms with van der Waals surface area (Å²) in [5.74, 6) is 0.686. The molecule has 0 aliphatic carbocycles. The molecule has 0 radical (unpaired) electrons. The van der Waals surface area contributed by atoms with Gasteiger partial charge in [0.15, 0.2) is 5.82 Å². The lowest BCUT2D eigenvalue weighted by molar-refractivity contribution is 0.568. The summed E-state index contributed by atoms with van der Waals surface area (Å²) in [6.07, 6.45) is 0. The van der Waals surface area contributed by atoms with E-state index in [1.165, 1.54) is 61.1 Å². The van der Waals surface area contributed by atoms with E-state index in [0.717, 1.165) is 50.8 Å². The first kappa shape index (κ1) is 51.8. The third-order valence-corrected chi connectivity index (χ3v) is 15.7. The van der Waals surface area contributed by atoms with E-state index in [1.807, 2.05) is 0 Å². The number of fused-ring (bicyclic) bond motifs is 4. The average Bonchev–Trinajstić information content (AvgIpc) is 3.35. The van der Waals surface area contributed by atoms with Crippen molar-refractivity contribution >= 4 is 57.2 Å². The summed E-state index contributed by atoms with van der Waals surface area (Å²) >= 11 is 0. The first-order chi connectivity index (χ1) is 34.9. The minimum Gasteiger partial charge on any atom is -0.311 e. The Hall–Kier alpha value is -6.72. The SMILES string of the molecule is CC(C)(C)c1cc(N2c3ccc(C(C)(C)C)cc3B3c4cc(C(C)(C)C)ccc4N(c4cc(C(C)(C)C)cc(C(C)(C)C)c4)c4cc(-c5nc(-c6ccccc6)cc(-c6ccccc6)n5)cc2c43)cc(C(C)(C)C)c1. The van der Waals surface area contributed by atoms with E-state index >= 15 is 0 Å². The van der Waals surface area contributed by atoms with Crippen LogP contribution in [0.4, 0.5) is 34.1 Å². The zero-order valence-corrected chi connectivity index (χ0v) is 48.3. The van der Waals surface area contributed by atoms with Crippen LogP contribution in [-0.4, -0.2) is 16.7 Å². The Kier molecular flexibility index (Phi) is 12.4. The van der Waals surface area contributed by atoms with E-state index in [1.54, 1.807) is 0 Å². The Labute approximate surface area is 450 Å². The quantitative estimate of drug-likeness (QED) is 0.161. The molecule has 8 aromatic rings. The summed E-state index contributed by atoms with van der Waals surface area (Å²) < 4.78 is 0. The van der Waals surface area contributed by atoms with Crippen LogP contribution in [0.25, 0.3) is 33.9 Å². The van der Waals surface area contributed by atoms with Crippen molar-refractivity contribution in [1.82, 2.24) is 9.97 Å². The van der Waals surface area contributed by atoms with Crippen molar-refractivity contribution < 1.29 is 0 Å². The maximum absolute atomic E-state index is 5.56. The Bertz CT molecular complexity index is 3200. The van der Waals surface area contributed by atoms with E-state index in [2.05, 4.69) is 286 Å². The van der Waals surface area contributed by atoms with Crippen LogP contribution in [0.5, 0.6) is 0 Å². The summed E-state index contributed by atoms with van der Waals surface area (Å²) in [5.41, 5.74) is 23.1. The van der Waals surface area contributed by atoms with E-state index in [4.69, 9.17) is 9.97 Å². The van der Waals surface area contributed by atoms with Crippen molar-refractivity contribution in [2.75, 3.05) is 9.80 Å². The second-order valence-corrected chi connectivity index (χ2v) is 27.8. The molecule has 10 rings (SSSR count). The van der Waals surface area contributed by atoms with Crippen LogP contribution < -0.4 is 26.2 Å². The van der Waals surface area contributed by atoms with Crippen LogP contribution in [0.15, 0.2) is 152 Å². The maximum Gasteiger partial charge on any atom is 0.252 e. The molecule has 0 bridgehead atoms. The van der Waals surface area contributed by atoms with Gasteiger partial charge in [-0.05, 0) is 137 Å². The molecule has 0 spiro atoms. The molecule has 0 atom stereocenters. The van der Waals surface area contributed by atoms with E-state index in [9.17, 15) is 0 Å².